The molecule has 0 aliphatic rings. The van der Waals surface area contributed by atoms with Crippen molar-refractivity contribution in [1.29, 1.82) is 0 Å². The van der Waals surface area contributed by atoms with Crippen LogP contribution in [0, 0.1) is 13.8 Å². The van der Waals surface area contributed by atoms with E-state index in [9.17, 15) is 0 Å². The third kappa shape index (κ3) is 4.08. The Bertz CT molecular complexity index is 867. The van der Waals surface area contributed by atoms with Gasteiger partial charge in [0.2, 0.25) is 0 Å². The highest BCUT2D eigenvalue weighted by Gasteiger charge is 2.15. The van der Waals surface area contributed by atoms with Crippen LogP contribution in [0.5, 0.6) is 0 Å². The van der Waals surface area contributed by atoms with Gasteiger partial charge in [-0.3, -0.25) is 0 Å². The van der Waals surface area contributed by atoms with E-state index in [0.717, 1.165) is 11.4 Å². The molecule has 6 heteroatoms. The van der Waals surface area contributed by atoms with Crippen LogP contribution in [-0.4, -0.2) is 31.8 Å². The van der Waals surface area contributed by atoms with Gasteiger partial charge in [0.15, 0.2) is 5.11 Å². The molecule has 0 amide bonds. The summed E-state index contributed by atoms with van der Waals surface area (Å²) in [6, 6.07) is 14.8. The Hall–Kier alpha value is -2.73. The van der Waals surface area contributed by atoms with Crippen LogP contribution in [0.1, 0.15) is 29.7 Å². The molecule has 0 spiro atoms. The SMILES string of the molecule is Cc1cc(C)cc(NC(=S)N(C)[C@H](C)c2ccc(-n3cncn3)cc2)c1. The summed E-state index contributed by atoms with van der Waals surface area (Å²) in [5, 5.41) is 8.19. The number of nitrogens with zero attached hydrogens (tertiary/aromatic N) is 4. The second kappa shape index (κ2) is 7.66. The standard InChI is InChI=1S/C20H23N5S/c1-14-9-15(2)11-18(10-14)23-20(26)24(4)16(3)17-5-7-19(8-6-17)25-13-21-12-22-25/h5-13,16H,1-4H3,(H,23,26)/t16-/m1/s1. The summed E-state index contributed by atoms with van der Waals surface area (Å²) < 4.78 is 1.74. The minimum atomic E-state index is 0.144. The minimum absolute atomic E-state index is 0.144. The minimum Gasteiger partial charge on any atom is -0.345 e. The average molecular weight is 366 g/mol. The Balaban J connectivity index is 1.70. The first-order chi connectivity index (χ1) is 12.4. The number of aromatic nitrogens is 3. The molecule has 0 aliphatic heterocycles. The van der Waals surface area contributed by atoms with Crippen molar-refractivity contribution in [3.8, 4) is 5.69 Å². The molecule has 0 fully saturated rings. The molecule has 1 atom stereocenters. The molecule has 3 rings (SSSR count). The van der Waals surface area contributed by atoms with Gasteiger partial charge in [0.1, 0.15) is 12.7 Å². The zero-order valence-electron chi connectivity index (χ0n) is 15.5. The van der Waals surface area contributed by atoms with Gasteiger partial charge in [-0.2, -0.15) is 5.10 Å². The van der Waals surface area contributed by atoms with Crippen LogP contribution >= 0.6 is 12.2 Å². The van der Waals surface area contributed by atoms with Crippen LogP contribution in [0.2, 0.25) is 0 Å². The smallest absolute Gasteiger partial charge is 0.173 e. The molecule has 0 radical (unpaired) electrons. The fourth-order valence-electron chi connectivity index (χ4n) is 2.91. The summed E-state index contributed by atoms with van der Waals surface area (Å²) in [5.41, 5.74) is 5.62. The van der Waals surface area contributed by atoms with Crippen molar-refractivity contribution >= 4 is 23.0 Å². The molecule has 5 nitrogen and oxygen atoms in total. The fourth-order valence-corrected chi connectivity index (χ4v) is 3.18. The average Bonchev–Trinajstić information content (AvgIpc) is 3.14. The maximum atomic E-state index is 5.60. The number of rotatable bonds is 4. The van der Waals surface area contributed by atoms with E-state index in [1.165, 1.54) is 23.0 Å². The van der Waals surface area contributed by atoms with E-state index in [1.54, 1.807) is 11.0 Å². The highest BCUT2D eigenvalue weighted by molar-refractivity contribution is 7.80. The molecule has 26 heavy (non-hydrogen) atoms. The van der Waals surface area contributed by atoms with Crippen LogP contribution in [0.15, 0.2) is 55.1 Å². The zero-order valence-corrected chi connectivity index (χ0v) is 16.3. The number of aryl methyl sites for hydroxylation is 2. The molecule has 134 valence electrons. The van der Waals surface area contributed by atoms with Gasteiger partial charge in [0, 0.05) is 12.7 Å². The summed E-state index contributed by atoms with van der Waals surface area (Å²) in [6.07, 6.45) is 3.22. The molecule has 1 heterocycles. The van der Waals surface area contributed by atoms with E-state index in [-0.39, 0.29) is 6.04 Å². The van der Waals surface area contributed by atoms with Crippen LogP contribution in [0.25, 0.3) is 5.69 Å². The lowest BCUT2D eigenvalue weighted by molar-refractivity contribution is 0.408. The molecule has 0 saturated heterocycles. The van der Waals surface area contributed by atoms with E-state index in [1.807, 2.05) is 19.2 Å². The normalized spacial score (nSPS) is 11.8. The van der Waals surface area contributed by atoms with Crippen molar-refractivity contribution in [2.45, 2.75) is 26.8 Å². The Morgan fingerprint density at radius 3 is 2.35 bits per heavy atom. The molecule has 1 aromatic heterocycles. The van der Waals surface area contributed by atoms with E-state index >= 15 is 0 Å². The Morgan fingerprint density at radius 1 is 1.12 bits per heavy atom. The van der Waals surface area contributed by atoms with Crippen molar-refractivity contribution in [2.24, 2.45) is 0 Å². The highest BCUT2D eigenvalue weighted by Crippen LogP contribution is 2.22. The van der Waals surface area contributed by atoms with E-state index < -0.39 is 0 Å². The summed E-state index contributed by atoms with van der Waals surface area (Å²) >= 11 is 5.60. The Labute approximate surface area is 159 Å². The van der Waals surface area contributed by atoms with E-state index in [4.69, 9.17) is 12.2 Å². The number of hydrogen-bond donors (Lipinski definition) is 1. The van der Waals surface area contributed by atoms with Gasteiger partial charge >= 0.3 is 0 Å². The van der Waals surface area contributed by atoms with Gasteiger partial charge in [0.05, 0.1) is 11.7 Å². The van der Waals surface area contributed by atoms with Crippen molar-refractivity contribution in [1.82, 2.24) is 19.7 Å². The second-order valence-corrected chi connectivity index (χ2v) is 6.91. The number of anilines is 1. The van der Waals surface area contributed by atoms with Crippen LogP contribution in [0.3, 0.4) is 0 Å². The summed E-state index contributed by atoms with van der Waals surface area (Å²) in [6.45, 7) is 6.31. The molecule has 0 bridgehead atoms. The number of hydrogen-bond acceptors (Lipinski definition) is 3. The summed E-state index contributed by atoms with van der Waals surface area (Å²) in [5.74, 6) is 0. The molecule has 1 N–H and O–H groups in total. The van der Waals surface area contributed by atoms with Crippen LogP contribution in [-0.2, 0) is 0 Å². The lowest BCUT2D eigenvalue weighted by Crippen LogP contribution is -2.33. The molecule has 0 aliphatic carbocycles. The highest BCUT2D eigenvalue weighted by atomic mass is 32.1. The third-order valence-electron chi connectivity index (χ3n) is 4.43. The molecule has 0 unspecified atom stereocenters. The molecule has 3 aromatic rings. The van der Waals surface area contributed by atoms with Crippen LogP contribution in [0.4, 0.5) is 5.69 Å². The fraction of sp³-hybridized carbons (Fsp3) is 0.250. The van der Waals surface area contributed by atoms with Gasteiger partial charge < -0.3 is 10.2 Å². The summed E-state index contributed by atoms with van der Waals surface area (Å²) in [4.78, 5) is 6.04. The Morgan fingerprint density at radius 2 is 1.77 bits per heavy atom. The molecular weight excluding hydrogens is 342 g/mol. The lowest BCUT2D eigenvalue weighted by atomic mass is 10.1. The zero-order chi connectivity index (χ0) is 18.7. The first-order valence-electron chi connectivity index (χ1n) is 8.51. The monoisotopic (exact) mass is 365 g/mol. The molecular formula is C20H23N5S. The van der Waals surface area contributed by atoms with Gasteiger partial charge in [-0.25, -0.2) is 9.67 Å². The van der Waals surface area contributed by atoms with Crippen molar-refractivity contribution in [2.75, 3.05) is 12.4 Å². The molecule has 2 aromatic carbocycles. The molecule has 0 saturated carbocycles. The third-order valence-corrected chi connectivity index (χ3v) is 4.82. The maximum absolute atomic E-state index is 5.60. The van der Waals surface area contributed by atoms with Gasteiger partial charge in [-0.05, 0) is 73.9 Å². The van der Waals surface area contributed by atoms with Gasteiger partial charge in [-0.1, -0.05) is 18.2 Å². The number of nitrogens with one attached hydrogen (secondary N) is 1. The van der Waals surface area contributed by atoms with Gasteiger partial charge in [0.25, 0.3) is 0 Å². The van der Waals surface area contributed by atoms with Crippen molar-refractivity contribution in [3.63, 3.8) is 0 Å². The van der Waals surface area contributed by atoms with Crippen molar-refractivity contribution in [3.05, 3.63) is 71.8 Å². The largest absolute Gasteiger partial charge is 0.345 e. The predicted octanol–water partition coefficient (Wildman–Crippen LogP) is 4.27. The Kier molecular flexibility index (Phi) is 5.32. The van der Waals surface area contributed by atoms with Gasteiger partial charge in [-0.15, -0.1) is 0 Å². The number of benzene rings is 2. The first-order valence-corrected chi connectivity index (χ1v) is 8.92. The topological polar surface area (TPSA) is 46.0 Å². The number of thiocarbonyl (C=S) groups is 1. The van der Waals surface area contributed by atoms with E-state index in [2.05, 4.69) is 71.4 Å². The predicted molar refractivity (Wildman–Crippen MR) is 110 cm³/mol. The van der Waals surface area contributed by atoms with Crippen LogP contribution < -0.4 is 5.32 Å². The lowest BCUT2D eigenvalue weighted by Gasteiger charge is -2.28. The van der Waals surface area contributed by atoms with E-state index in [0.29, 0.717) is 5.11 Å². The first kappa shape index (κ1) is 18.1. The quantitative estimate of drug-likeness (QED) is 0.700. The second-order valence-electron chi connectivity index (χ2n) is 6.53. The van der Waals surface area contributed by atoms with Crippen molar-refractivity contribution < 1.29 is 0 Å². The summed E-state index contributed by atoms with van der Waals surface area (Å²) in [7, 11) is 2.01. The maximum Gasteiger partial charge on any atom is 0.173 e.